The summed E-state index contributed by atoms with van der Waals surface area (Å²) in [6.07, 6.45) is 2.62. The summed E-state index contributed by atoms with van der Waals surface area (Å²) in [7, 11) is 0. The number of nitrogens with zero attached hydrogens (tertiary/aromatic N) is 1. The smallest absolute Gasteiger partial charge is 0.252 e. The lowest BCUT2D eigenvalue weighted by atomic mass is 10.1. The van der Waals surface area contributed by atoms with E-state index < -0.39 is 23.2 Å². The van der Waals surface area contributed by atoms with E-state index >= 15 is 0 Å². The SMILES string of the molecule is CCc1cnc(C(C)NC(=O)c2cc(F)c(N)c(F)c2)s1. The van der Waals surface area contributed by atoms with Gasteiger partial charge >= 0.3 is 0 Å². The fourth-order valence-electron chi connectivity index (χ4n) is 1.74. The maximum Gasteiger partial charge on any atom is 0.252 e. The van der Waals surface area contributed by atoms with E-state index in [4.69, 9.17) is 5.73 Å². The second-order valence-corrected chi connectivity index (χ2v) is 5.71. The molecular formula is C14H15F2N3OS. The molecule has 7 heteroatoms. The van der Waals surface area contributed by atoms with Crippen LogP contribution in [0.15, 0.2) is 18.3 Å². The van der Waals surface area contributed by atoms with E-state index in [0.29, 0.717) is 0 Å². The van der Waals surface area contributed by atoms with Crippen LogP contribution < -0.4 is 11.1 Å². The van der Waals surface area contributed by atoms with Gasteiger partial charge in [-0.05, 0) is 25.5 Å². The van der Waals surface area contributed by atoms with Crippen molar-refractivity contribution in [3.8, 4) is 0 Å². The molecule has 0 fully saturated rings. The lowest BCUT2D eigenvalue weighted by Crippen LogP contribution is -2.26. The zero-order chi connectivity index (χ0) is 15.6. The number of thiazole rings is 1. The number of benzene rings is 1. The predicted molar refractivity (Wildman–Crippen MR) is 78.1 cm³/mol. The van der Waals surface area contributed by atoms with Gasteiger partial charge in [0.25, 0.3) is 5.91 Å². The monoisotopic (exact) mass is 311 g/mol. The number of rotatable bonds is 4. The number of aromatic nitrogens is 1. The predicted octanol–water partition coefficient (Wildman–Crippen LogP) is 3.06. The molecule has 0 saturated heterocycles. The van der Waals surface area contributed by atoms with Crippen molar-refractivity contribution in [1.82, 2.24) is 10.3 Å². The number of amides is 1. The fraction of sp³-hybridized carbons (Fsp3) is 0.286. The molecule has 0 radical (unpaired) electrons. The number of anilines is 1. The summed E-state index contributed by atoms with van der Waals surface area (Å²) in [5.41, 5.74) is 4.47. The maximum atomic E-state index is 13.4. The van der Waals surface area contributed by atoms with Gasteiger partial charge in [0.2, 0.25) is 0 Å². The first-order chi connectivity index (χ1) is 9.92. The number of nitrogens with one attached hydrogen (secondary N) is 1. The van der Waals surface area contributed by atoms with E-state index in [1.807, 2.05) is 6.92 Å². The highest BCUT2D eigenvalue weighted by Gasteiger charge is 2.17. The van der Waals surface area contributed by atoms with Gasteiger partial charge in [0, 0.05) is 16.6 Å². The van der Waals surface area contributed by atoms with Crippen LogP contribution in [-0.4, -0.2) is 10.9 Å². The number of carbonyl (C=O) groups is 1. The third kappa shape index (κ3) is 3.36. The Hall–Kier alpha value is -2.02. The summed E-state index contributed by atoms with van der Waals surface area (Å²) >= 11 is 1.49. The van der Waals surface area contributed by atoms with Crippen LogP contribution in [0.3, 0.4) is 0 Å². The Morgan fingerprint density at radius 2 is 2.05 bits per heavy atom. The van der Waals surface area contributed by atoms with Crippen LogP contribution in [0.2, 0.25) is 0 Å². The summed E-state index contributed by atoms with van der Waals surface area (Å²) < 4.78 is 26.7. The second kappa shape index (κ2) is 6.17. The molecule has 1 atom stereocenters. The standard InChI is InChI=1S/C14H15F2N3OS/c1-3-9-6-18-14(21-9)7(2)19-13(20)8-4-10(15)12(17)11(16)5-8/h4-7H,3,17H2,1-2H3,(H,19,20). The van der Waals surface area contributed by atoms with Crippen molar-refractivity contribution >= 4 is 22.9 Å². The van der Waals surface area contributed by atoms with Gasteiger partial charge in [-0.3, -0.25) is 4.79 Å². The molecule has 1 amide bonds. The van der Waals surface area contributed by atoms with Crippen LogP contribution in [0.1, 0.15) is 40.1 Å². The van der Waals surface area contributed by atoms with Gasteiger partial charge < -0.3 is 11.1 Å². The molecule has 0 spiro atoms. The van der Waals surface area contributed by atoms with Crippen LogP contribution in [0.4, 0.5) is 14.5 Å². The molecule has 0 aliphatic rings. The molecule has 3 N–H and O–H groups in total. The van der Waals surface area contributed by atoms with Gasteiger partial charge in [-0.1, -0.05) is 6.92 Å². The second-order valence-electron chi connectivity index (χ2n) is 4.57. The molecule has 1 heterocycles. The largest absolute Gasteiger partial charge is 0.394 e. The summed E-state index contributed by atoms with van der Waals surface area (Å²) in [6, 6.07) is 1.49. The molecular weight excluding hydrogens is 296 g/mol. The maximum absolute atomic E-state index is 13.4. The summed E-state index contributed by atoms with van der Waals surface area (Å²) in [4.78, 5) is 17.3. The molecule has 0 bridgehead atoms. The Balaban J connectivity index is 2.14. The van der Waals surface area contributed by atoms with E-state index in [1.165, 1.54) is 11.3 Å². The molecule has 1 aromatic carbocycles. The van der Waals surface area contributed by atoms with Gasteiger partial charge in [0.1, 0.15) is 22.3 Å². The molecule has 0 saturated carbocycles. The quantitative estimate of drug-likeness (QED) is 0.853. The van der Waals surface area contributed by atoms with E-state index in [1.54, 1.807) is 13.1 Å². The zero-order valence-corrected chi connectivity index (χ0v) is 12.4. The van der Waals surface area contributed by atoms with Crippen LogP contribution in [0.25, 0.3) is 0 Å². The number of halogens is 2. The normalized spacial score (nSPS) is 12.2. The van der Waals surface area contributed by atoms with Crippen molar-refractivity contribution in [1.29, 1.82) is 0 Å². The molecule has 4 nitrogen and oxygen atoms in total. The molecule has 0 aliphatic heterocycles. The number of nitrogen functional groups attached to an aromatic ring is 1. The van der Waals surface area contributed by atoms with Crippen molar-refractivity contribution in [2.45, 2.75) is 26.3 Å². The highest BCUT2D eigenvalue weighted by atomic mass is 32.1. The minimum Gasteiger partial charge on any atom is -0.394 e. The topological polar surface area (TPSA) is 68.0 Å². The summed E-state index contributed by atoms with van der Waals surface area (Å²) in [5, 5.41) is 3.41. The first-order valence-electron chi connectivity index (χ1n) is 6.42. The first kappa shape index (κ1) is 15.4. The van der Waals surface area contributed by atoms with Crippen LogP contribution >= 0.6 is 11.3 Å². The van der Waals surface area contributed by atoms with Crippen molar-refractivity contribution in [3.63, 3.8) is 0 Å². The van der Waals surface area contributed by atoms with Gasteiger partial charge in [-0.2, -0.15) is 0 Å². The summed E-state index contributed by atoms with van der Waals surface area (Å²) in [5.74, 6) is -2.47. The van der Waals surface area contributed by atoms with Crippen LogP contribution in [-0.2, 0) is 6.42 Å². The highest BCUT2D eigenvalue weighted by molar-refractivity contribution is 7.11. The zero-order valence-electron chi connectivity index (χ0n) is 11.6. The third-order valence-electron chi connectivity index (χ3n) is 2.98. The van der Waals surface area contributed by atoms with Crippen molar-refractivity contribution in [2.24, 2.45) is 0 Å². The van der Waals surface area contributed by atoms with Crippen LogP contribution in [0.5, 0.6) is 0 Å². The number of hydrogen-bond donors (Lipinski definition) is 2. The molecule has 112 valence electrons. The summed E-state index contributed by atoms with van der Waals surface area (Å²) in [6.45, 7) is 3.78. The Morgan fingerprint density at radius 3 is 2.57 bits per heavy atom. The average molecular weight is 311 g/mol. The fourth-order valence-corrected chi connectivity index (χ4v) is 2.60. The molecule has 0 aliphatic carbocycles. The van der Waals surface area contributed by atoms with Crippen molar-refractivity contribution in [2.75, 3.05) is 5.73 Å². The number of carbonyl (C=O) groups excluding carboxylic acids is 1. The molecule has 21 heavy (non-hydrogen) atoms. The third-order valence-corrected chi connectivity index (χ3v) is 4.30. The Kier molecular flexibility index (Phi) is 4.52. The van der Waals surface area contributed by atoms with Gasteiger partial charge in [0.15, 0.2) is 0 Å². The molecule has 1 unspecified atom stereocenters. The van der Waals surface area contributed by atoms with Gasteiger partial charge in [-0.25, -0.2) is 13.8 Å². The van der Waals surface area contributed by atoms with E-state index in [-0.39, 0.29) is 11.6 Å². The minimum absolute atomic E-state index is 0.113. The van der Waals surface area contributed by atoms with Crippen LogP contribution in [0, 0.1) is 11.6 Å². The number of nitrogens with two attached hydrogens (primary N) is 1. The van der Waals surface area contributed by atoms with Crippen molar-refractivity contribution < 1.29 is 13.6 Å². The first-order valence-corrected chi connectivity index (χ1v) is 7.24. The highest BCUT2D eigenvalue weighted by Crippen LogP contribution is 2.22. The van der Waals surface area contributed by atoms with E-state index in [0.717, 1.165) is 28.4 Å². The number of hydrogen-bond acceptors (Lipinski definition) is 4. The Labute approximate surface area is 125 Å². The number of aryl methyl sites for hydroxylation is 1. The average Bonchev–Trinajstić information content (AvgIpc) is 2.93. The van der Waals surface area contributed by atoms with E-state index in [2.05, 4.69) is 10.3 Å². The van der Waals surface area contributed by atoms with Gasteiger partial charge in [0.05, 0.1) is 6.04 Å². The van der Waals surface area contributed by atoms with Gasteiger partial charge in [-0.15, -0.1) is 11.3 Å². The lowest BCUT2D eigenvalue weighted by Gasteiger charge is -2.12. The molecule has 2 rings (SSSR count). The Morgan fingerprint density at radius 1 is 1.43 bits per heavy atom. The van der Waals surface area contributed by atoms with Crippen molar-refractivity contribution in [3.05, 3.63) is 45.4 Å². The van der Waals surface area contributed by atoms with E-state index in [9.17, 15) is 13.6 Å². The Bertz CT molecular complexity index is 649. The molecule has 2 aromatic rings. The molecule has 1 aromatic heterocycles. The lowest BCUT2D eigenvalue weighted by molar-refractivity contribution is 0.0939. The minimum atomic E-state index is -0.949.